The Hall–Kier alpha value is -1.11. The van der Waals surface area contributed by atoms with Gasteiger partial charge in [-0.15, -0.1) is 0 Å². The highest BCUT2D eigenvalue weighted by Crippen LogP contribution is 2.27. The average molecular weight is 337 g/mol. The zero-order valence-corrected chi connectivity index (χ0v) is 15.3. The van der Waals surface area contributed by atoms with Crippen LogP contribution in [0.25, 0.3) is 0 Å². The number of hydrogen-bond donors (Lipinski definition) is 3. The van der Waals surface area contributed by atoms with Crippen molar-refractivity contribution in [1.82, 2.24) is 0 Å². The minimum absolute atomic E-state index is 0.336. The molecule has 24 heavy (non-hydrogen) atoms. The van der Waals surface area contributed by atoms with Crippen molar-refractivity contribution < 1.29 is 19.2 Å². The number of rotatable bonds is 6. The molecule has 0 atom stereocenters. The maximum Gasteiger partial charge on any atom is 0.493 e. The van der Waals surface area contributed by atoms with Crippen molar-refractivity contribution in [1.29, 1.82) is 0 Å². The van der Waals surface area contributed by atoms with Gasteiger partial charge in [-0.3, -0.25) is 0 Å². The van der Waals surface area contributed by atoms with Crippen LogP contribution < -0.4 is 10.8 Å². The summed E-state index contributed by atoms with van der Waals surface area (Å²) < 4.78 is 19.6. The van der Waals surface area contributed by atoms with Crippen LogP contribution in [0.3, 0.4) is 0 Å². The molecule has 1 fully saturated rings. The van der Waals surface area contributed by atoms with E-state index in [0.717, 1.165) is 24.1 Å². The van der Waals surface area contributed by atoms with E-state index in [-0.39, 0.29) is 0 Å². The lowest BCUT2D eigenvalue weighted by Gasteiger charge is -2.38. The minimum Gasteiger partial charge on any atom is -0.423 e. The lowest BCUT2D eigenvalue weighted by atomic mass is 9.74. The third kappa shape index (κ3) is 4.29. The van der Waals surface area contributed by atoms with Gasteiger partial charge < -0.3 is 20.1 Å². The van der Waals surface area contributed by atoms with Crippen LogP contribution in [0.4, 0.5) is 10.1 Å². The van der Waals surface area contributed by atoms with E-state index in [0.29, 0.717) is 11.5 Å². The molecule has 0 unspecified atom stereocenters. The highest BCUT2D eigenvalue weighted by atomic mass is 19.1. The van der Waals surface area contributed by atoms with E-state index in [9.17, 15) is 14.5 Å². The van der Waals surface area contributed by atoms with Gasteiger partial charge in [0.2, 0.25) is 0 Å². The standard InChI is InChI=1S/C18H29BFNO3/c1-12-10-13(20)11-15(16(12)21-14-8-6-7-9-14)19(23)24-18(4,5)17(2,3)22/h10-11,14,21-23H,6-9H2,1-5H3. The summed E-state index contributed by atoms with van der Waals surface area (Å²) in [5.74, 6) is -0.414. The number of aliphatic hydroxyl groups is 1. The van der Waals surface area contributed by atoms with Gasteiger partial charge in [0.25, 0.3) is 0 Å². The van der Waals surface area contributed by atoms with E-state index < -0.39 is 24.1 Å². The SMILES string of the molecule is Cc1cc(F)cc(B(O)OC(C)(C)C(C)(C)O)c1NC1CCCC1. The van der Waals surface area contributed by atoms with Gasteiger partial charge in [-0.05, 0) is 65.2 Å². The van der Waals surface area contributed by atoms with Gasteiger partial charge >= 0.3 is 7.12 Å². The summed E-state index contributed by atoms with van der Waals surface area (Å²) in [7, 11) is -1.33. The molecule has 0 saturated heterocycles. The molecular formula is C18H29BFNO3. The molecule has 2 rings (SSSR count). The van der Waals surface area contributed by atoms with Gasteiger partial charge in [-0.2, -0.15) is 0 Å². The largest absolute Gasteiger partial charge is 0.493 e. The number of aryl methyl sites for hydroxylation is 1. The zero-order valence-electron chi connectivity index (χ0n) is 15.3. The van der Waals surface area contributed by atoms with Crippen LogP contribution in [0.15, 0.2) is 12.1 Å². The summed E-state index contributed by atoms with van der Waals surface area (Å²) in [6, 6.07) is 3.09. The number of hydrogen-bond acceptors (Lipinski definition) is 4. The second-order valence-corrected chi connectivity index (χ2v) is 7.85. The number of nitrogens with one attached hydrogen (secondary N) is 1. The molecule has 0 aromatic heterocycles. The van der Waals surface area contributed by atoms with Crippen molar-refractivity contribution in [3.8, 4) is 0 Å². The van der Waals surface area contributed by atoms with Gasteiger partial charge in [0, 0.05) is 17.2 Å². The predicted octanol–water partition coefficient (Wildman–Crippen LogP) is 2.74. The Balaban J connectivity index is 2.30. The monoisotopic (exact) mass is 337 g/mol. The van der Waals surface area contributed by atoms with Crippen molar-refractivity contribution in [2.75, 3.05) is 5.32 Å². The van der Waals surface area contributed by atoms with E-state index in [2.05, 4.69) is 5.32 Å². The molecule has 134 valence electrons. The summed E-state index contributed by atoms with van der Waals surface area (Å²) in [4.78, 5) is 0. The normalized spacial score (nSPS) is 16.5. The Bertz CT molecular complexity index is 580. The second kappa shape index (κ2) is 7.02. The van der Waals surface area contributed by atoms with Crippen LogP contribution in [0.2, 0.25) is 0 Å². The highest BCUT2D eigenvalue weighted by molar-refractivity contribution is 6.62. The Labute approximate surface area is 144 Å². The van der Waals surface area contributed by atoms with Crippen molar-refractivity contribution in [2.24, 2.45) is 0 Å². The molecule has 0 spiro atoms. The topological polar surface area (TPSA) is 61.7 Å². The van der Waals surface area contributed by atoms with Crippen LogP contribution in [0.5, 0.6) is 0 Å². The summed E-state index contributed by atoms with van der Waals surface area (Å²) in [5.41, 5.74) is -0.327. The summed E-state index contributed by atoms with van der Waals surface area (Å²) in [6.07, 6.45) is 4.50. The lowest BCUT2D eigenvalue weighted by Crippen LogP contribution is -2.53. The van der Waals surface area contributed by atoms with Gasteiger partial charge in [0.05, 0.1) is 11.2 Å². The summed E-state index contributed by atoms with van der Waals surface area (Å²) in [5, 5.41) is 24.2. The van der Waals surface area contributed by atoms with Crippen molar-refractivity contribution in [2.45, 2.75) is 77.5 Å². The molecule has 0 radical (unpaired) electrons. The molecule has 6 heteroatoms. The fourth-order valence-electron chi connectivity index (χ4n) is 2.92. The molecule has 1 aromatic rings. The van der Waals surface area contributed by atoms with Crippen LogP contribution in [-0.2, 0) is 4.65 Å². The molecule has 1 aromatic carbocycles. The molecule has 1 saturated carbocycles. The quantitative estimate of drug-likeness (QED) is 0.699. The van der Waals surface area contributed by atoms with Gasteiger partial charge in [-0.1, -0.05) is 12.8 Å². The molecular weight excluding hydrogens is 308 g/mol. The molecule has 1 aliphatic rings. The molecule has 0 bridgehead atoms. The minimum atomic E-state index is -1.33. The average Bonchev–Trinajstić information content (AvgIpc) is 2.92. The van der Waals surface area contributed by atoms with Crippen LogP contribution in [0, 0.1) is 12.7 Å². The Morgan fingerprint density at radius 3 is 2.33 bits per heavy atom. The number of benzene rings is 1. The fourth-order valence-corrected chi connectivity index (χ4v) is 2.92. The zero-order chi connectivity index (χ0) is 18.1. The molecule has 4 nitrogen and oxygen atoms in total. The van der Waals surface area contributed by atoms with Crippen LogP contribution >= 0.6 is 0 Å². The van der Waals surface area contributed by atoms with Crippen molar-refractivity contribution in [3.63, 3.8) is 0 Å². The first-order chi connectivity index (χ1) is 11.0. The molecule has 3 N–H and O–H groups in total. The lowest BCUT2D eigenvalue weighted by molar-refractivity contribution is -0.0982. The van der Waals surface area contributed by atoms with Crippen molar-refractivity contribution >= 4 is 18.3 Å². The van der Waals surface area contributed by atoms with E-state index >= 15 is 0 Å². The second-order valence-electron chi connectivity index (χ2n) is 7.85. The van der Waals surface area contributed by atoms with Gasteiger partial charge in [-0.25, -0.2) is 4.39 Å². The third-order valence-electron chi connectivity index (χ3n) is 5.18. The van der Waals surface area contributed by atoms with Crippen LogP contribution in [-0.4, -0.2) is 34.5 Å². The molecule has 1 aliphatic carbocycles. The molecule has 0 heterocycles. The predicted molar refractivity (Wildman–Crippen MR) is 96.1 cm³/mol. The first kappa shape index (κ1) is 19.2. The smallest absolute Gasteiger partial charge is 0.423 e. The first-order valence-electron chi connectivity index (χ1n) is 8.66. The van der Waals surface area contributed by atoms with E-state index in [4.69, 9.17) is 4.65 Å². The molecule has 0 amide bonds. The Kier molecular flexibility index (Phi) is 5.62. The number of anilines is 1. The third-order valence-corrected chi connectivity index (χ3v) is 5.18. The number of halogens is 1. The summed E-state index contributed by atoms with van der Waals surface area (Å²) in [6.45, 7) is 8.46. The first-order valence-corrected chi connectivity index (χ1v) is 8.66. The van der Waals surface area contributed by atoms with Gasteiger partial charge in [0.15, 0.2) is 0 Å². The summed E-state index contributed by atoms with van der Waals surface area (Å²) >= 11 is 0. The highest BCUT2D eigenvalue weighted by Gasteiger charge is 2.40. The maximum absolute atomic E-state index is 13.9. The van der Waals surface area contributed by atoms with Gasteiger partial charge in [0.1, 0.15) is 5.82 Å². The van der Waals surface area contributed by atoms with Crippen molar-refractivity contribution in [3.05, 3.63) is 23.5 Å². The van der Waals surface area contributed by atoms with E-state index in [1.807, 2.05) is 6.92 Å². The molecule has 0 aliphatic heterocycles. The van der Waals surface area contributed by atoms with E-state index in [1.54, 1.807) is 27.7 Å². The van der Waals surface area contributed by atoms with Crippen LogP contribution in [0.1, 0.15) is 58.9 Å². The Morgan fingerprint density at radius 1 is 1.21 bits per heavy atom. The fraction of sp³-hybridized carbons (Fsp3) is 0.667. The Morgan fingerprint density at radius 2 is 1.79 bits per heavy atom. The maximum atomic E-state index is 13.9. The van der Waals surface area contributed by atoms with E-state index in [1.165, 1.54) is 25.0 Å².